The number of nitrogens with one attached hydrogen (secondary N) is 1. The topological polar surface area (TPSA) is 82.9 Å². The zero-order chi connectivity index (χ0) is 23.5. The van der Waals surface area contributed by atoms with E-state index in [1.807, 2.05) is 25.1 Å². The molecule has 0 radical (unpaired) electrons. The van der Waals surface area contributed by atoms with Gasteiger partial charge in [0.25, 0.3) is 5.91 Å². The van der Waals surface area contributed by atoms with E-state index in [4.69, 9.17) is 4.42 Å². The van der Waals surface area contributed by atoms with E-state index >= 15 is 0 Å². The van der Waals surface area contributed by atoms with Crippen LogP contribution in [0.4, 0.5) is 15.8 Å². The van der Waals surface area contributed by atoms with Crippen LogP contribution >= 0.6 is 0 Å². The summed E-state index contributed by atoms with van der Waals surface area (Å²) in [5.41, 5.74) is 2.02. The first-order valence-electron chi connectivity index (χ1n) is 10.0. The highest BCUT2D eigenvalue weighted by molar-refractivity contribution is 7.89. The Bertz CT molecular complexity index is 1170. The number of hydrogen-bond acceptors (Lipinski definition) is 5. The molecule has 0 unspecified atom stereocenters. The average molecular weight is 460 g/mol. The molecule has 0 fully saturated rings. The number of furan rings is 1. The summed E-state index contributed by atoms with van der Waals surface area (Å²) >= 11 is 0. The number of benzene rings is 2. The largest absolute Gasteiger partial charge is 0.459 e. The Morgan fingerprint density at radius 3 is 2.34 bits per heavy atom. The zero-order valence-corrected chi connectivity index (χ0v) is 19.2. The quantitative estimate of drug-likeness (QED) is 0.542. The van der Waals surface area contributed by atoms with Gasteiger partial charge in [0.1, 0.15) is 5.82 Å². The zero-order valence-electron chi connectivity index (χ0n) is 18.4. The fraction of sp³-hybridized carbons (Fsp3) is 0.261. The molecule has 0 aliphatic carbocycles. The number of amides is 1. The summed E-state index contributed by atoms with van der Waals surface area (Å²) in [6.45, 7) is 3.62. The molecule has 32 heavy (non-hydrogen) atoms. The summed E-state index contributed by atoms with van der Waals surface area (Å²) in [6, 6.07) is 12.9. The van der Waals surface area contributed by atoms with E-state index in [1.54, 1.807) is 38.1 Å². The van der Waals surface area contributed by atoms with Gasteiger partial charge in [0, 0.05) is 38.1 Å². The molecule has 1 N–H and O–H groups in total. The Morgan fingerprint density at radius 2 is 1.78 bits per heavy atom. The molecule has 7 nitrogen and oxygen atoms in total. The number of nitrogens with zero attached hydrogens (tertiary/aromatic N) is 2. The number of anilines is 2. The molecular formula is C23H26FN3O4S. The van der Waals surface area contributed by atoms with E-state index in [0.29, 0.717) is 11.3 Å². The number of carbonyl (C=O) groups excluding carboxylic acids is 1. The van der Waals surface area contributed by atoms with Crippen LogP contribution in [0.3, 0.4) is 0 Å². The second-order valence-corrected chi connectivity index (χ2v) is 9.66. The minimum Gasteiger partial charge on any atom is -0.459 e. The predicted molar refractivity (Wildman–Crippen MR) is 122 cm³/mol. The van der Waals surface area contributed by atoms with Crippen molar-refractivity contribution in [2.45, 2.75) is 31.3 Å². The number of rotatable bonds is 8. The van der Waals surface area contributed by atoms with E-state index in [-0.39, 0.29) is 23.2 Å². The molecule has 0 aliphatic heterocycles. The van der Waals surface area contributed by atoms with Gasteiger partial charge in [-0.15, -0.1) is 0 Å². The van der Waals surface area contributed by atoms with Gasteiger partial charge in [-0.3, -0.25) is 4.79 Å². The van der Waals surface area contributed by atoms with Gasteiger partial charge in [0.2, 0.25) is 10.0 Å². The molecule has 2 aromatic carbocycles. The van der Waals surface area contributed by atoms with Crippen LogP contribution in [-0.2, 0) is 16.6 Å². The van der Waals surface area contributed by atoms with Crippen molar-refractivity contribution in [3.05, 3.63) is 78.0 Å². The summed E-state index contributed by atoms with van der Waals surface area (Å²) in [7, 11) is -0.173. The van der Waals surface area contributed by atoms with Crippen LogP contribution in [0.15, 0.2) is 70.2 Å². The monoisotopic (exact) mass is 459 g/mol. The van der Waals surface area contributed by atoms with E-state index in [2.05, 4.69) is 5.32 Å². The maximum absolute atomic E-state index is 13.3. The lowest BCUT2D eigenvalue weighted by molar-refractivity contribution is 0.0996. The smallest absolute Gasteiger partial charge is 0.291 e. The van der Waals surface area contributed by atoms with Crippen LogP contribution in [-0.4, -0.2) is 38.8 Å². The average Bonchev–Trinajstić information content (AvgIpc) is 3.27. The molecule has 0 saturated carbocycles. The molecule has 9 heteroatoms. The first-order chi connectivity index (χ1) is 15.1. The second kappa shape index (κ2) is 9.54. The van der Waals surface area contributed by atoms with Crippen molar-refractivity contribution in [2.75, 3.05) is 24.3 Å². The Labute approximate surface area is 187 Å². The first-order valence-corrected chi connectivity index (χ1v) is 11.5. The Hall–Kier alpha value is -3.17. The van der Waals surface area contributed by atoms with Gasteiger partial charge >= 0.3 is 0 Å². The molecule has 0 aliphatic rings. The normalized spacial score (nSPS) is 11.7. The van der Waals surface area contributed by atoms with E-state index < -0.39 is 21.7 Å². The lowest BCUT2D eigenvalue weighted by Crippen LogP contribution is -2.36. The van der Waals surface area contributed by atoms with Gasteiger partial charge in [-0.05, 0) is 74.0 Å². The fourth-order valence-electron chi connectivity index (χ4n) is 3.28. The van der Waals surface area contributed by atoms with Gasteiger partial charge in [0.05, 0.1) is 11.2 Å². The maximum Gasteiger partial charge on any atom is 0.291 e. The fourth-order valence-corrected chi connectivity index (χ4v) is 4.90. The van der Waals surface area contributed by atoms with Gasteiger partial charge in [-0.25, -0.2) is 12.8 Å². The highest BCUT2D eigenvalue weighted by Gasteiger charge is 2.28. The van der Waals surface area contributed by atoms with Crippen LogP contribution in [0.25, 0.3) is 0 Å². The van der Waals surface area contributed by atoms with Gasteiger partial charge in [-0.2, -0.15) is 4.31 Å². The van der Waals surface area contributed by atoms with E-state index in [0.717, 1.165) is 17.8 Å². The maximum atomic E-state index is 13.3. The van der Waals surface area contributed by atoms with Crippen LogP contribution in [0, 0.1) is 5.82 Å². The van der Waals surface area contributed by atoms with Crippen molar-refractivity contribution in [2.24, 2.45) is 0 Å². The van der Waals surface area contributed by atoms with Gasteiger partial charge < -0.3 is 14.6 Å². The summed E-state index contributed by atoms with van der Waals surface area (Å²) < 4.78 is 46.4. The third-order valence-corrected chi connectivity index (χ3v) is 6.92. The SMILES string of the molecule is CC(C)N(Cc1cc(NC(=O)c2ccco2)ccc1N(C)C)S(=O)(=O)c1ccc(F)cc1. The third-order valence-electron chi connectivity index (χ3n) is 4.89. The lowest BCUT2D eigenvalue weighted by Gasteiger charge is -2.28. The first kappa shape index (κ1) is 23.5. The molecule has 0 atom stereocenters. The molecule has 170 valence electrons. The van der Waals surface area contributed by atoms with Crippen LogP contribution in [0.2, 0.25) is 0 Å². The van der Waals surface area contributed by atoms with Crippen molar-refractivity contribution in [1.29, 1.82) is 0 Å². The minimum atomic E-state index is -3.88. The molecule has 3 rings (SSSR count). The van der Waals surface area contributed by atoms with Crippen molar-refractivity contribution >= 4 is 27.3 Å². The van der Waals surface area contributed by atoms with Crippen molar-refractivity contribution in [3.63, 3.8) is 0 Å². The molecule has 0 spiro atoms. The number of hydrogen-bond donors (Lipinski definition) is 1. The number of halogens is 1. The molecule has 1 amide bonds. The standard InChI is InChI=1S/C23H26FN3O4S/c1-16(2)27(32(29,30)20-10-7-18(24)8-11-20)15-17-14-19(9-12-21(17)26(3)4)25-23(28)22-6-5-13-31-22/h5-14,16H,15H2,1-4H3,(H,25,28). The van der Waals surface area contributed by atoms with E-state index in [9.17, 15) is 17.6 Å². The third kappa shape index (κ3) is 5.17. The summed E-state index contributed by atoms with van der Waals surface area (Å²) in [4.78, 5) is 14.2. The molecule has 0 saturated heterocycles. The highest BCUT2D eigenvalue weighted by Crippen LogP contribution is 2.28. The minimum absolute atomic E-state index is 0.0151. The number of carbonyl (C=O) groups is 1. The summed E-state index contributed by atoms with van der Waals surface area (Å²) in [6.07, 6.45) is 1.41. The van der Waals surface area contributed by atoms with Gasteiger partial charge in [0.15, 0.2) is 5.76 Å². The molecular weight excluding hydrogens is 433 g/mol. The lowest BCUT2D eigenvalue weighted by atomic mass is 10.1. The molecule has 3 aromatic rings. The molecule has 1 aromatic heterocycles. The van der Waals surface area contributed by atoms with Crippen molar-refractivity contribution < 1.29 is 22.0 Å². The van der Waals surface area contributed by atoms with Crippen LogP contribution in [0.5, 0.6) is 0 Å². The Morgan fingerprint density at radius 1 is 1.09 bits per heavy atom. The van der Waals surface area contributed by atoms with Crippen LogP contribution < -0.4 is 10.2 Å². The second-order valence-electron chi connectivity index (χ2n) is 7.77. The predicted octanol–water partition coefficient (Wildman–Crippen LogP) is 4.34. The van der Waals surface area contributed by atoms with Gasteiger partial charge in [-0.1, -0.05) is 0 Å². The number of sulfonamides is 1. The molecule has 0 bridgehead atoms. The van der Waals surface area contributed by atoms with Crippen LogP contribution in [0.1, 0.15) is 30.0 Å². The highest BCUT2D eigenvalue weighted by atomic mass is 32.2. The van der Waals surface area contributed by atoms with Crippen molar-refractivity contribution in [3.8, 4) is 0 Å². The van der Waals surface area contributed by atoms with Crippen molar-refractivity contribution in [1.82, 2.24) is 4.31 Å². The Balaban J connectivity index is 1.96. The van der Waals surface area contributed by atoms with E-state index in [1.165, 1.54) is 22.7 Å². The Kier molecular flexibility index (Phi) is 7.00. The summed E-state index contributed by atoms with van der Waals surface area (Å²) in [5.74, 6) is -0.737. The summed E-state index contributed by atoms with van der Waals surface area (Å²) in [5, 5.41) is 2.77. The molecule has 1 heterocycles.